The van der Waals surface area contributed by atoms with Crippen LogP contribution in [0.2, 0.25) is 0 Å². The van der Waals surface area contributed by atoms with Crippen LogP contribution in [0, 0.1) is 0 Å². The fourth-order valence-electron chi connectivity index (χ4n) is 8.18. The average Bonchev–Trinajstić information content (AvgIpc) is 3.84. The molecule has 17 heteroatoms. The molecule has 1 aliphatic heterocycles. The zero-order valence-electron chi connectivity index (χ0n) is 40.4. The van der Waals surface area contributed by atoms with E-state index in [1.54, 1.807) is 69.4 Å². The van der Waals surface area contributed by atoms with Crippen molar-refractivity contribution in [3.05, 3.63) is 221 Å². The van der Waals surface area contributed by atoms with E-state index in [-0.39, 0.29) is 23.6 Å². The van der Waals surface area contributed by atoms with Crippen molar-refractivity contribution in [1.29, 1.82) is 0 Å². The number of hydrogen-bond acceptors (Lipinski definition) is 14. The molecule has 73 heavy (non-hydrogen) atoms. The van der Waals surface area contributed by atoms with Crippen molar-refractivity contribution >= 4 is 41.3 Å². The number of aryl methyl sites for hydroxylation is 1. The standard InChI is InChI=1S/C56H52N6O10S/c1-37(2)47(52(66)72-49(42-26-16-8-17-27-42)43-28-18-9-19-29-43)62-53(67)56(68-4,54(62)70-35-44(63)36-73-55-58-59-60-61(55)3)57-50(64)46(39-30-32-45(33-31-39)69-34-38-20-10-5-11-21-38)51(65)71-48(40-22-12-6-13-23-40)41-24-14-7-15-25-41/h5-33,46,48-49,54H,34-36H2,1-4H3,(H,57,64)/t46?,54-,56+/m1/s1. The number of methoxy groups -OCH3 is 1. The van der Waals surface area contributed by atoms with Crippen molar-refractivity contribution in [1.82, 2.24) is 30.4 Å². The van der Waals surface area contributed by atoms with Gasteiger partial charge in [-0.1, -0.05) is 176 Å². The highest BCUT2D eigenvalue weighted by atomic mass is 32.2. The van der Waals surface area contributed by atoms with Crippen molar-refractivity contribution in [2.24, 2.45) is 7.05 Å². The van der Waals surface area contributed by atoms with Crippen LogP contribution in [0.1, 0.15) is 65.4 Å². The number of Topliss-reactive ketones (excluding diaryl/α,β-unsaturated/α-hetero) is 1. The number of amides is 2. The Bertz CT molecular complexity index is 2950. The lowest BCUT2D eigenvalue weighted by Gasteiger charge is -2.53. The molecular formula is C56H52N6O10S. The van der Waals surface area contributed by atoms with Crippen LogP contribution in [0.15, 0.2) is 192 Å². The van der Waals surface area contributed by atoms with E-state index >= 15 is 9.59 Å². The monoisotopic (exact) mass is 1000 g/mol. The van der Waals surface area contributed by atoms with Gasteiger partial charge in [0.2, 0.25) is 11.1 Å². The van der Waals surface area contributed by atoms with Gasteiger partial charge in [-0.25, -0.2) is 9.48 Å². The molecule has 1 saturated heterocycles. The SMILES string of the molecule is CO[C@@]1(NC(=O)C(C(=O)OC(c2ccccc2)c2ccccc2)c2ccc(OCc3ccccc3)cc2)C(=O)N(C(C(=O)OC(c2ccccc2)c2ccccc2)=C(C)C)[C@@H]1OCC(=O)CSc1nnnn1C. The predicted octanol–water partition coefficient (Wildman–Crippen LogP) is 7.84. The van der Waals surface area contributed by atoms with Gasteiger partial charge in [-0.05, 0) is 75.4 Å². The number of hydrogen-bond donors (Lipinski definition) is 1. The van der Waals surface area contributed by atoms with Gasteiger partial charge in [-0.2, -0.15) is 0 Å². The van der Waals surface area contributed by atoms with E-state index in [0.29, 0.717) is 38.7 Å². The summed E-state index contributed by atoms with van der Waals surface area (Å²) in [6.45, 7) is 2.86. The summed E-state index contributed by atoms with van der Waals surface area (Å²) in [7, 11) is 2.79. The Kier molecular flexibility index (Phi) is 16.6. The van der Waals surface area contributed by atoms with Gasteiger partial charge in [0.15, 0.2) is 30.1 Å². The maximum atomic E-state index is 15.2. The van der Waals surface area contributed by atoms with Gasteiger partial charge in [0.1, 0.15) is 24.7 Å². The summed E-state index contributed by atoms with van der Waals surface area (Å²) in [6.07, 6.45) is -3.52. The maximum absolute atomic E-state index is 15.2. The maximum Gasteiger partial charge on any atom is 0.356 e. The Morgan fingerprint density at radius 3 is 1.67 bits per heavy atom. The van der Waals surface area contributed by atoms with Gasteiger partial charge < -0.3 is 29.0 Å². The summed E-state index contributed by atoms with van der Waals surface area (Å²) < 4.78 is 32.2. The molecule has 1 fully saturated rings. The molecule has 2 amide bonds. The largest absolute Gasteiger partial charge is 0.489 e. The van der Waals surface area contributed by atoms with E-state index in [1.165, 1.54) is 11.8 Å². The Morgan fingerprint density at radius 2 is 1.19 bits per heavy atom. The number of allylic oxidation sites excluding steroid dienone is 1. The fraction of sp³-hybridized carbons (Fsp3) is 0.214. The van der Waals surface area contributed by atoms with Crippen LogP contribution in [0.5, 0.6) is 5.75 Å². The molecule has 0 radical (unpaired) electrons. The Morgan fingerprint density at radius 1 is 0.685 bits per heavy atom. The molecule has 16 nitrogen and oxygen atoms in total. The first kappa shape index (κ1) is 51.1. The van der Waals surface area contributed by atoms with Crippen LogP contribution in [0.3, 0.4) is 0 Å². The number of ketones is 1. The van der Waals surface area contributed by atoms with E-state index in [4.69, 9.17) is 23.7 Å². The number of thioether (sulfide) groups is 1. The molecular weight excluding hydrogens is 949 g/mol. The minimum Gasteiger partial charge on any atom is -0.489 e. The van der Waals surface area contributed by atoms with E-state index in [2.05, 4.69) is 20.8 Å². The second-order valence-electron chi connectivity index (χ2n) is 17.0. The van der Waals surface area contributed by atoms with E-state index in [1.807, 2.05) is 127 Å². The van der Waals surface area contributed by atoms with Crippen molar-refractivity contribution in [2.75, 3.05) is 19.5 Å². The Hall–Kier alpha value is -8.25. The topological polar surface area (TPSA) is 190 Å². The molecule has 2 heterocycles. The number of aromatic nitrogens is 4. The van der Waals surface area contributed by atoms with Crippen LogP contribution >= 0.6 is 11.8 Å². The summed E-state index contributed by atoms with van der Waals surface area (Å²) in [5.74, 6) is -5.70. The first-order chi connectivity index (χ1) is 35.5. The van der Waals surface area contributed by atoms with Gasteiger partial charge in [-0.3, -0.25) is 24.1 Å². The number of esters is 2. The fourth-order valence-corrected chi connectivity index (χ4v) is 8.87. The molecule has 0 saturated carbocycles. The predicted molar refractivity (Wildman–Crippen MR) is 269 cm³/mol. The number of nitrogens with one attached hydrogen (secondary N) is 1. The average molecular weight is 1000 g/mol. The molecule has 1 aliphatic rings. The zero-order chi connectivity index (χ0) is 51.3. The van der Waals surface area contributed by atoms with Crippen LogP contribution < -0.4 is 10.1 Å². The Labute approximate surface area is 426 Å². The van der Waals surface area contributed by atoms with Crippen LogP contribution in [0.4, 0.5) is 0 Å². The van der Waals surface area contributed by atoms with Gasteiger partial charge in [0.25, 0.3) is 11.6 Å². The number of rotatable bonds is 22. The lowest BCUT2D eigenvalue weighted by molar-refractivity contribution is -0.254. The van der Waals surface area contributed by atoms with E-state index < -0.39 is 66.2 Å². The molecule has 3 atom stereocenters. The number of ether oxygens (including phenoxy) is 5. The third-order valence-electron chi connectivity index (χ3n) is 11.8. The lowest BCUT2D eigenvalue weighted by atomic mass is 9.92. The number of likely N-dealkylation sites (tertiary alicyclic amines) is 1. The Balaban J connectivity index is 1.13. The van der Waals surface area contributed by atoms with Gasteiger partial charge in [0, 0.05) is 14.2 Å². The highest BCUT2D eigenvalue weighted by Crippen LogP contribution is 2.40. The molecule has 7 aromatic rings. The first-order valence-corrected chi connectivity index (χ1v) is 24.2. The normalized spacial score (nSPS) is 15.5. The smallest absolute Gasteiger partial charge is 0.356 e. The first-order valence-electron chi connectivity index (χ1n) is 23.2. The number of carbonyl (C=O) groups is 5. The second-order valence-corrected chi connectivity index (χ2v) is 18.0. The summed E-state index contributed by atoms with van der Waals surface area (Å²) in [4.78, 5) is 74.2. The number of nitrogens with zero attached hydrogens (tertiary/aromatic N) is 5. The molecule has 1 unspecified atom stereocenters. The van der Waals surface area contributed by atoms with Crippen molar-refractivity contribution in [2.45, 2.75) is 55.7 Å². The molecule has 6 aromatic carbocycles. The van der Waals surface area contributed by atoms with Crippen LogP contribution in [-0.4, -0.2) is 86.1 Å². The minimum absolute atomic E-state index is 0.141. The summed E-state index contributed by atoms with van der Waals surface area (Å²) >= 11 is 1.06. The number of β-lactam (4-membered cyclic amide) rings is 1. The van der Waals surface area contributed by atoms with Crippen LogP contribution in [-0.2, 0) is 56.6 Å². The van der Waals surface area contributed by atoms with Crippen molar-refractivity contribution < 1.29 is 47.7 Å². The molecule has 0 bridgehead atoms. The number of benzene rings is 6. The highest BCUT2D eigenvalue weighted by Gasteiger charge is 2.67. The van der Waals surface area contributed by atoms with E-state index in [0.717, 1.165) is 22.2 Å². The zero-order valence-corrected chi connectivity index (χ0v) is 41.2. The molecule has 8 rings (SSSR count). The molecule has 372 valence electrons. The third-order valence-corrected chi connectivity index (χ3v) is 12.9. The lowest BCUT2D eigenvalue weighted by Crippen LogP contribution is -2.82. The summed E-state index contributed by atoms with van der Waals surface area (Å²) in [5.41, 5.74) is 1.42. The molecule has 0 spiro atoms. The summed E-state index contributed by atoms with van der Waals surface area (Å²) in [5, 5.41) is 14.4. The molecule has 0 aliphatic carbocycles. The van der Waals surface area contributed by atoms with Crippen LogP contribution in [0.25, 0.3) is 0 Å². The van der Waals surface area contributed by atoms with Gasteiger partial charge in [0.05, 0.1) is 5.75 Å². The second kappa shape index (κ2) is 23.8. The van der Waals surface area contributed by atoms with Gasteiger partial charge in [-0.15, -0.1) is 5.10 Å². The number of tetrazole rings is 1. The molecule has 1 aromatic heterocycles. The summed E-state index contributed by atoms with van der Waals surface area (Å²) in [6, 6.07) is 52.2. The minimum atomic E-state index is -2.41. The van der Waals surface area contributed by atoms with E-state index in [9.17, 15) is 14.4 Å². The number of carbonyl (C=O) groups excluding carboxylic acids is 5. The molecule has 1 N–H and O–H groups in total. The third kappa shape index (κ3) is 11.9. The highest BCUT2D eigenvalue weighted by molar-refractivity contribution is 7.99. The van der Waals surface area contributed by atoms with Crippen molar-refractivity contribution in [3.63, 3.8) is 0 Å². The van der Waals surface area contributed by atoms with Gasteiger partial charge >= 0.3 is 11.9 Å². The van der Waals surface area contributed by atoms with Crippen molar-refractivity contribution in [3.8, 4) is 5.75 Å². The quantitative estimate of drug-likeness (QED) is 0.0173.